The Morgan fingerprint density at radius 2 is 2.00 bits per heavy atom. The van der Waals surface area contributed by atoms with Crippen LogP contribution in [0.3, 0.4) is 0 Å². The molecule has 2 rings (SSSR count). The number of methoxy groups -OCH3 is 1. The van der Waals surface area contributed by atoms with Gasteiger partial charge in [0.15, 0.2) is 5.44 Å². The molecule has 1 aromatic rings. The zero-order valence-corrected chi connectivity index (χ0v) is 10.7. The lowest BCUT2D eigenvalue weighted by Crippen LogP contribution is -2.27. The van der Waals surface area contributed by atoms with E-state index in [0.717, 1.165) is 12.8 Å². The Kier molecular flexibility index (Phi) is 3.41. The third-order valence-electron chi connectivity index (χ3n) is 2.97. The molecule has 1 aromatic carbocycles. The van der Waals surface area contributed by atoms with Gasteiger partial charge in [-0.15, -0.1) is 0 Å². The van der Waals surface area contributed by atoms with Crippen LogP contribution in [0.5, 0.6) is 0 Å². The van der Waals surface area contributed by atoms with Crippen LogP contribution in [0.15, 0.2) is 29.2 Å². The van der Waals surface area contributed by atoms with E-state index in [2.05, 4.69) is 0 Å². The molecule has 0 saturated heterocycles. The Labute approximate surface area is 105 Å². The van der Waals surface area contributed by atoms with Crippen molar-refractivity contribution in [2.45, 2.75) is 23.2 Å². The second-order valence-electron chi connectivity index (χ2n) is 4.29. The molecule has 0 spiro atoms. The number of ether oxygens (including phenoxy) is 1. The first-order valence-corrected chi connectivity index (χ1v) is 7.12. The molecule has 5 nitrogen and oxygen atoms in total. The highest BCUT2D eigenvalue weighted by atomic mass is 32.2. The summed E-state index contributed by atoms with van der Waals surface area (Å²) in [6, 6.07) is 5.61. The van der Waals surface area contributed by atoms with Gasteiger partial charge in [-0.2, -0.15) is 0 Å². The lowest BCUT2D eigenvalue weighted by atomic mass is 10.2. The Morgan fingerprint density at radius 3 is 2.50 bits per heavy atom. The van der Waals surface area contributed by atoms with Gasteiger partial charge in [-0.1, -0.05) is 12.1 Å². The van der Waals surface area contributed by atoms with E-state index in [-0.39, 0.29) is 16.4 Å². The van der Waals surface area contributed by atoms with Gasteiger partial charge in [-0.3, -0.25) is 0 Å². The number of carboxylic acids is 1. The quantitative estimate of drug-likeness (QED) is 0.877. The fourth-order valence-corrected chi connectivity index (χ4v) is 3.97. The van der Waals surface area contributed by atoms with Crippen LogP contribution < -0.4 is 0 Å². The van der Waals surface area contributed by atoms with Crippen LogP contribution >= 0.6 is 0 Å². The fourth-order valence-electron chi connectivity index (χ4n) is 1.96. The maximum atomic E-state index is 12.4. The van der Waals surface area contributed by atoms with Gasteiger partial charge in [0.25, 0.3) is 0 Å². The van der Waals surface area contributed by atoms with Crippen LogP contribution in [-0.2, 0) is 14.6 Å². The first kappa shape index (κ1) is 13.0. The van der Waals surface area contributed by atoms with Crippen LogP contribution in [0.1, 0.15) is 23.2 Å². The molecule has 1 N–H and O–H groups in total. The zero-order chi connectivity index (χ0) is 13.3. The maximum absolute atomic E-state index is 12.4. The van der Waals surface area contributed by atoms with Gasteiger partial charge in [0.1, 0.15) is 0 Å². The van der Waals surface area contributed by atoms with Gasteiger partial charge in [-0.25, -0.2) is 13.2 Å². The first-order valence-electron chi connectivity index (χ1n) is 5.57. The van der Waals surface area contributed by atoms with E-state index in [4.69, 9.17) is 9.84 Å². The van der Waals surface area contributed by atoms with Crippen molar-refractivity contribution in [3.05, 3.63) is 29.8 Å². The van der Waals surface area contributed by atoms with Crippen LogP contribution in [0, 0.1) is 5.92 Å². The molecule has 1 aliphatic carbocycles. The number of sulfone groups is 1. The highest BCUT2D eigenvalue weighted by molar-refractivity contribution is 7.92. The van der Waals surface area contributed by atoms with E-state index in [1.807, 2.05) is 0 Å². The molecule has 0 aliphatic heterocycles. The number of aromatic carboxylic acids is 1. The summed E-state index contributed by atoms with van der Waals surface area (Å²) >= 11 is 0. The molecule has 1 saturated carbocycles. The Bertz CT molecular complexity index is 560. The van der Waals surface area contributed by atoms with Crippen LogP contribution in [0.4, 0.5) is 0 Å². The van der Waals surface area contributed by atoms with E-state index >= 15 is 0 Å². The van der Waals surface area contributed by atoms with Crippen molar-refractivity contribution in [1.29, 1.82) is 0 Å². The molecule has 0 bridgehead atoms. The van der Waals surface area contributed by atoms with Gasteiger partial charge >= 0.3 is 5.97 Å². The van der Waals surface area contributed by atoms with Crippen molar-refractivity contribution >= 4 is 15.8 Å². The Hall–Kier alpha value is -1.40. The third-order valence-corrected chi connectivity index (χ3v) is 5.13. The number of rotatable bonds is 5. The molecule has 1 aliphatic rings. The summed E-state index contributed by atoms with van der Waals surface area (Å²) in [6.45, 7) is 0. The standard InChI is InChI=1S/C12H14O5S/c1-17-12(8-6-7-8)18(15,16)10-5-3-2-4-9(10)11(13)14/h2-5,8,12H,6-7H2,1H3,(H,13,14). The van der Waals surface area contributed by atoms with Gasteiger partial charge in [0.2, 0.25) is 9.84 Å². The summed E-state index contributed by atoms with van der Waals surface area (Å²) in [4.78, 5) is 10.9. The molecule has 6 heteroatoms. The predicted molar refractivity (Wildman–Crippen MR) is 64.1 cm³/mol. The smallest absolute Gasteiger partial charge is 0.337 e. The molecule has 0 aromatic heterocycles. The number of benzene rings is 1. The summed E-state index contributed by atoms with van der Waals surface area (Å²) in [5, 5.41) is 9.03. The van der Waals surface area contributed by atoms with E-state index in [1.165, 1.54) is 31.4 Å². The third kappa shape index (κ3) is 2.26. The highest BCUT2D eigenvalue weighted by Crippen LogP contribution is 2.39. The van der Waals surface area contributed by atoms with Crippen molar-refractivity contribution < 1.29 is 23.1 Å². The maximum Gasteiger partial charge on any atom is 0.337 e. The molecular formula is C12H14O5S. The average Bonchev–Trinajstić information content (AvgIpc) is 3.14. The van der Waals surface area contributed by atoms with Crippen molar-refractivity contribution in [3.8, 4) is 0 Å². The number of carbonyl (C=O) groups is 1. The van der Waals surface area contributed by atoms with Crippen LogP contribution in [0.2, 0.25) is 0 Å². The van der Waals surface area contributed by atoms with Gasteiger partial charge in [0, 0.05) is 7.11 Å². The normalized spacial score (nSPS) is 17.4. The second-order valence-corrected chi connectivity index (χ2v) is 6.28. The SMILES string of the molecule is COC(C1CC1)S(=O)(=O)c1ccccc1C(=O)O. The molecule has 0 heterocycles. The number of carboxylic acid groups (broad SMARTS) is 1. The minimum absolute atomic E-state index is 0.0261. The second kappa shape index (κ2) is 4.70. The van der Waals surface area contributed by atoms with Gasteiger partial charge < -0.3 is 9.84 Å². The van der Waals surface area contributed by atoms with Crippen LogP contribution in [-0.4, -0.2) is 32.0 Å². The minimum atomic E-state index is -3.77. The molecule has 1 atom stereocenters. The van der Waals surface area contributed by atoms with Gasteiger partial charge in [0.05, 0.1) is 10.5 Å². The fraction of sp³-hybridized carbons (Fsp3) is 0.417. The monoisotopic (exact) mass is 270 g/mol. The summed E-state index contributed by atoms with van der Waals surface area (Å²) in [6.07, 6.45) is 1.60. The Balaban J connectivity index is 2.49. The van der Waals surface area contributed by atoms with Crippen LogP contribution in [0.25, 0.3) is 0 Å². The largest absolute Gasteiger partial charge is 0.478 e. The zero-order valence-electron chi connectivity index (χ0n) is 9.87. The van der Waals surface area contributed by atoms with E-state index in [1.54, 1.807) is 0 Å². The van der Waals surface area contributed by atoms with E-state index in [9.17, 15) is 13.2 Å². The molecule has 1 unspecified atom stereocenters. The lowest BCUT2D eigenvalue weighted by Gasteiger charge is -2.16. The van der Waals surface area contributed by atoms with Crippen molar-refractivity contribution in [2.75, 3.05) is 7.11 Å². The van der Waals surface area contributed by atoms with Crippen molar-refractivity contribution in [1.82, 2.24) is 0 Å². The van der Waals surface area contributed by atoms with Crippen molar-refractivity contribution in [2.24, 2.45) is 5.92 Å². The molecule has 1 fully saturated rings. The lowest BCUT2D eigenvalue weighted by molar-refractivity contribution is 0.0692. The number of hydrogen-bond acceptors (Lipinski definition) is 4. The first-order chi connectivity index (χ1) is 8.48. The highest BCUT2D eigenvalue weighted by Gasteiger charge is 2.42. The Morgan fingerprint density at radius 1 is 1.39 bits per heavy atom. The topological polar surface area (TPSA) is 80.7 Å². The number of hydrogen-bond donors (Lipinski definition) is 1. The average molecular weight is 270 g/mol. The summed E-state index contributed by atoms with van der Waals surface area (Å²) in [7, 11) is -2.43. The molecule has 98 valence electrons. The van der Waals surface area contributed by atoms with Gasteiger partial charge in [-0.05, 0) is 30.9 Å². The summed E-state index contributed by atoms with van der Waals surface area (Å²) in [5.74, 6) is -1.28. The summed E-state index contributed by atoms with van der Waals surface area (Å²) in [5.41, 5.74) is -1.15. The van der Waals surface area contributed by atoms with E-state index < -0.39 is 21.2 Å². The molecule has 0 radical (unpaired) electrons. The molecular weight excluding hydrogens is 256 g/mol. The molecule has 0 amide bonds. The van der Waals surface area contributed by atoms with E-state index in [0.29, 0.717) is 0 Å². The summed E-state index contributed by atoms with van der Waals surface area (Å²) < 4.78 is 29.8. The minimum Gasteiger partial charge on any atom is -0.478 e. The molecule has 18 heavy (non-hydrogen) atoms. The van der Waals surface area contributed by atoms with Crippen molar-refractivity contribution in [3.63, 3.8) is 0 Å². The predicted octanol–water partition coefficient (Wildman–Crippen LogP) is 1.54.